The molecule has 7 heteroatoms. The lowest BCUT2D eigenvalue weighted by atomic mass is 9.82. The Kier molecular flexibility index (Phi) is 6.95. The van der Waals surface area contributed by atoms with Crippen LogP contribution in [0, 0.1) is 11.8 Å². The Morgan fingerprint density at radius 3 is 2.30 bits per heavy atom. The van der Waals surface area contributed by atoms with Crippen molar-refractivity contribution in [1.82, 2.24) is 0 Å². The van der Waals surface area contributed by atoms with Gasteiger partial charge in [0.25, 0.3) is 0 Å². The van der Waals surface area contributed by atoms with Gasteiger partial charge in [0.05, 0.1) is 26.4 Å². The molecule has 0 aromatic heterocycles. The lowest BCUT2D eigenvalue weighted by molar-refractivity contribution is -0.152. The lowest BCUT2D eigenvalue weighted by Crippen LogP contribution is -2.29. The second kappa shape index (κ2) is 9.63. The van der Waals surface area contributed by atoms with Crippen LogP contribution in [0.3, 0.4) is 0 Å². The van der Waals surface area contributed by atoms with Crippen molar-refractivity contribution in [3.05, 3.63) is 59.7 Å². The fourth-order valence-electron chi connectivity index (χ4n) is 3.81. The predicted octanol–water partition coefficient (Wildman–Crippen LogP) is 3.57. The Bertz CT molecular complexity index is 860. The number of benzene rings is 2. The summed E-state index contributed by atoms with van der Waals surface area (Å²) in [6, 6.07) is 14.0. The maximum absolute atomic E-state index is 11.9. The van der Waals surface area contributed by atoms with Crippen LogP contribution in [0.4, 0.5) is 0 Å². The standard InChI is InChI=1S/C23H26O7/c1-14(24)28-12-20-21(13-29-22(20)16-4-8-18(26)9-5-16)23(30-15(2)25)17-6-10-19(27-3)11-7-17/h4-11,20-23,26H,12-13H2,1-3H3. The van der Waals surface area contributed by atoms with Gasteiger partial charge in [0, 0.05) is 25.7 Å². The SMILES string of the molecule is COc1ccc(C(OC(C)=O)C2COC(c3ccc(O)cc3)C2COC(C)=O)cc1. The molecule has 4 atom stereocenters. The number of esters is 2. The van der Waals surface area contributed by atoms with E-state index in [2.05, 4.69) is 0 Å². The van der Waals surface area contributed by atoms with Gasteiger partial charge in [0.2, 0.25) is 0 Å². The molecule has 2 aromatic rings. The third-order valence-corrected chi connectivity index (χ3v) is 5.23. The molecule has 7 nitrogen and oxygen atoms in total. The molecule has 0 spiro atoms. The van der Waals surface area contributed by atoms with Crippen molar-refractivity contribution in [1.29, 1.82) is 0 Å². The van der Waals surface area contributed by atoms with Crippen molar-refractivity contribution in [2.75, 3.05) is 20.3 Å². The van der Waals surface area contributed by atoms with Gasteiger partial charge < -0.3 is 24.1 Å². The van der Waals surface area contributed by atoms with Gasteiger partial charge in [-0.1, -0.05) is 24.3 Å². The monoisotopic (exact) mass is 414 g/mol. The van der Waals surface area contributed by atoms with E-state index in [1.165, 1.54) is 13.8 Å². The number of hydrogen-bond acceptors (Lipinski definition) is 7. The summed E-state index contributed by atoms with van der Waals surface area (Å²) in [5.74, 6) is -0.429. The van der Waals surface area contributed by atoms with Crippen LogP contribution in [0.25, 0.3) is 0 Å². The molecular formula is C23H26O7. The molecule has 3 rings (SSSR count). The average molecular weight is 414 g/mol. The van der Waals surface area contributed by atoms with Crippen molar-refractivity contribution in [2.24, 2.45) is 11.8 Å². The minimum Gasteiger partial charge on any atom is -0.508 e. The molecule has 30 heavy (non-hydrogen) atoms. The van der Waals surface area contributed by atoms with Gasteiger partial charge in [-0.3, -0.25) is 9.59 Å². The summed E-state index contributed by atoms with van der Waals surface area (Å²) in [5, 5.41) is 9.59. The van der Waals surface area contributed by atoms with E-state index >= 15 is 0 Å². The normalized spacial score (nSPS) is 21.6. The molecule has 1 aliphatic heterocycles. The van der Waals surface area contributed by atoms with Crippen molar-refractivity contribution in [2.45, 2.75) is 26.1 Å². The van der Waals surface area contributed by atoms with Gasteiger partial charge in [0.1, 0.15) is 17.6 Å². The molecule has 1 fully saturated rings. The number of carbonyl (C=O) groups is 2. The minimum atomic E-state index is -0.573. The summed E-state index contributed by atoms with van der Waals surface area (Å²) in [7, 11) is 1.58. The first kappa shape index (κ1) is 21.6. The zero-order valence-corrected chi connectivity index (χ0v) is 17.2. The second-order valence-corrected chi connectivity index (χ2v) is 7.28. The van der Waals surface area contributed by atoms with Crippen LogP contribution in [0.1, 0.15) is 37.2 Å². The number of ether oxygens (including phenoxy) is 4. The summed E-state index contributed by atoms with van der Waals surface area (Å²) in [6.07, 6.45) is -0.942. The smallest absolute Gasteiger partial charge is 0.303 e. The topological polar surface area (TPSA) is 91.3 Å². The van der Waals surface area contributed by atoms with E-state index in [1.807, 2.05) is 12.1 Å². The lowest BCUT2D eigenvalue weighted by Gasteiger charge is -2.29. The van der Waals surface area contributed by atoms with E-state index < -0.39 is 18.0 Å². The zero-order chi connectivity index (χ0) is 21.7. The van der Waals surface area contributed by atoms with Crippen molar-refractivity contribution >= 4 is 11.9 Å². The Morgan fingerprint density at radius 1 is 1.07 bits per heavy atom. The highest BCUT2D eigenvalue weighted by molar-refractivity contribution is 5.66. The van der Waals surface area contributed by atoms with Crippen LogP contribution in [0.2, 0.25) is 0 Å². The quantitative estimate of drug-likeness (QED) is 0.693. The number of aromatic hydroxyl groups is 1. The second-order valence-electron chi connectivity index (χ2n) is 7.28. The molecule has 160 valence electrons. The average Bonchev–Trinajstić information content (AvgIpc) is 3.14. The van der Waals surface area contributed by atoms with Gasteiger partial charge in [-0.05, 0) is 35.4 Å². The van der Waals surface area contributed by atoms with Crippen molar-refractivity contribution in [3.8, 4) is 11.5 Å². The molecule has 0 radical (unpaired) electrons. The number of methoxy groups -OCH3 is 1. The third kappa shape index (κ3) is 5.10. The molecule has 1 aliphatic rings. The van der Waals surface area contributed by atoms with Gasteiger partial charge in [-0.15, -0.1) is 0 Å². The van der Waals surface area contributed by atoms with Gasteiger partial charge in [-0.2, -0.15) is 0 Å². The van der Waals surface area contributed by atoms with Gasteiger partial charge in [0.15, 0.2) is 0 Å². The predicted molar refractivity (Wildman–Crippen MR) is 108 cm³/mol. The van der Waals surface area contributed by atoms with E-state index in [0.29, 0.717) is 12.4 Å². The largest absolute Gasteiger partial charge is 0.508 e. The first-order valence-electron chi connectivity index (χ1n) is 9.74. The van der Waals surface area contributed by atoms with E-state index in [1.54, 1.807) is 43.5 Å². The molecule has 0 amide bonds. The summed E-state index contributed by atoms with van der Waals surface area (Å²) in [6.45, 7) is 3.17. The highest BCUT2D eigenvalue weighted by atomic mass is 16.6. The Morgan fingerprint density at radius 2 is 1.73 bits per heavy atom. The fraction of sp³-hybridized carbons (Fsp3) is 0.391. The maximum atomic E-state index is 11.9. The number of carbonyl (C=O) groups excluding carboxylic acids is 2. The Hall–Kier alpha value is -3.06. The van der Waals surface area contributed by atoms with E-state index in [0.717, 1.165) is 11.1 Å². The van der Waals surface area contributed by atoms with Crippen LogP contribution in [-0.2, 0) is 23.8 Å². The van der Waals surface area contributed by atoms with Crippen LogP contribution < -0.4 is 4.74 Å². The number of rotatable bonds is 7. The summed E-state index contributed by atoms with van der Waals surface area (Å²) in [4.78, 5) is 23.4. The van der Waals surface area contributed by atoms with E-state index in [4.69, 9.17) is 18.9 Å². The molecule has 0 aliphatic carbocycles. The molecule has 2 aromatic carbocycles. The summed E-state index contributed by atoms with van der Waals surface area (Å²) in [5.41, 5.74) is 1.66. The molecule has 0 saturated carbocycles. The minimum absolute atomic E-state index is 0.124. The van der Waals surface area contributed by atoms with Gasteiger partial charge >= 0.3 is 11.9 Å². The fourth-order valence-corrected chi connectivity index (χ4v) is 3.81. The van der Waals surface area contributed by atoms with Crippen LogP contribution in [-0.4, -0.2) is 37.4 Å². The van der Waals surface area contributed by atoms with Crippen molar-refractivity contribution in [3.63, 3.8) is 0 Å². The first-order chi connectivity index (χ1) is 14.4. The van der Waals surface area contributed by atoms with Crippen molar-refractivity contribution < 1.29 is 33.6 Å². The number of hydrogen-bond donors (Lipinski definition) is 1. The number of phenolic OH excluding ortho intramolecular Hbond substituents is 1. The van der Waals surface area contributed by atoms with E-state index in [9.17, 15) is 14.7 Å². The molecule has 0 bridgehead atoms. The molecule has 4 unspecified atom stereocenters. The summed E-state index contributed by atoms with van der Waals surface area (Å²) < 4.78 is 22.3. The third-order valence-electron chi connectivity index (χ3n) is 5.23. The number of phenols is 1. The molecule has 1 heterocycles. The van der Waals surface area contributed by atoms with Gasteiger partial charge in [-0.25, -0.2) is 0 Å². The van der Waals surface area contributed by atoms with Crippen LogP contribution >= 0.6 is 0 Å². The first-order valence-corrected chi connectivity index (χ1v) is 9.74. The Balaban J connectivity index is 1.93. The molecule has 1 saturated heterocycles. The summed E-state index contributed by atoms with van der Waals surface area (Å²) >= 11 is 0. The maximum Gasteiger partial charge on any atom is 0.303 e. The van der Waals surface area contributed by atoms with Crippen LogP contribution in [0.5, 0.6) is 11.5 Å². The van der Waals surface area contributed by atoms with E-state index in [-0.39, 0.29) is 30.3 Å². The van der Waals surface area contributed by atoms with Crippen LogP contribution in [0.15, 0.2) is 48.5 Å². The highest BCUT2D eigenvalue weighted by Gasteiger charge is 2.44. The molecular weight excluding hydrogens is 388 g/mol. The Labute approximate surface area is 175 Å². The zero-order valence-electron chi connectivity index (χ0n) is 17.2. The molecule has 1 N–H and O–H groups in total. The highest BCUT2D eigenvalue weighted by Crippen LogP contribution is 2.46.